The number of rotatable bonds is 4. The van der Waals surface area contributed by atoms with Crippen molar-refractivity contribution >= 4 is 38.9 Å². The number of carbonyl (C=O) groups excluding carboxylic acids is 1. The van der Waals surface area contributed by atoms with Gasteiger partial charge in [-0.3, -0.25) is 9.52 Å². The Morgan fingerprint density at radius 1 is 1.21 bits per heavy atom. The first-order chi connectivity index (χ1) is 11.3. The lowest BCUT2D eigenvalue weighted by molar-refractivity contribution is -0.117. The molecule has 1 heterocycles. The van der Waals surface area contributed by atoms with E-state index in [1.807, 2.05) is 0 Å². The van der Waals surface area contributed by atoms with Crippen molar-refractivity contribution in [2.45, 2.75) is 11.3 Å². The third-order valence-corrected chi connectivity index (χ3v) is 5.46. The molecule has 0 radical (unpaired) electrons. The second-order valence-corrected chi connectivity index (χ2v) is 7.46. The molecule has 0 saturated heterocycles. The van der Waals surface area contributed by atoms with Gasteiger partial charge in [0.2, 0.25) is 5.91 Å². The SMILES string of the molecule is COc1ccc(Cl)cc1S(=O)(=O)Nc1ccc2c(c1)CC(=O)N2C. The van der Waals surface area contributed by atoms with Crippen molar-refractivity contribution in [2.24, 2.45) is 0 Å². The van der Waals surface area contributed by atoms with Crippen LogP contribution >= 0.6 is 11.6 Å². The summed E-state index contributed by atoms with van der Waals surface area (Å²) in [7, 11) is -0.804. The highest BCUT2D eigenvalue weighted by molar-refractivity contribution is 7.92. The van der Waals surface area contributed by atoms with Gasteiger partial charge in [0.05, 0.1) is 13.5 Å². The summed E-state index contributed by atoms with van der Waals surface area (Å²) in [4.78, 5) is 13.2. The molecule has 24 heavy (non-hydrogen) atoms. The number of methoxy groups -OCH3 is 1. The highest BCUT2D eigenvalue weighted by Crippen LogP contribution is 2.32. The van der Waals surface area contributed by atoms with E-state index in [4.69, 9.17) is 16.3 Å². The van der Waals surface area contributed by atoms with Crippen LogP contribution in [0.3, 0.4) is 0 Å². The predicted octanol–water partition coefficient (Wildman–Crippen LogP) is 2.67. The number of anilines is 2. The molecule has 2 aromatic carbocycles. The van der Waals surface area contributed by atoms with E-state index in [-0.39, 0.29) is 28.0 Å². The number of sulfonamides is 1. The van der Waals surface area contributed by atoms with E-state index >= 15 is 0 Å². The number of ether oxygens (including phenoxy) is 1. The Balaban J connectivity index is 1.96. The van der Waals surface area contributed by atoms with E-state index in [1.165, 1.54) is 19.2 Å². The third-order valence-electron chi connectivity index (χ3n) is 3.82. The Bertz CT molecular complexity index is 928. The summed E-state index contributed by atoms with van der Waals surface area (Å²) in [5, 5.41) is 0.289. The van der Waals surface area contributed by atoms with Gasteiger partial charge in [-0.25, -0.2) is 8.42 Å². The van der Waals surface area contributed by atoms with Crippen molar-refractivity contribution in [2.75, 3.05) is 23.8 Å². The van der Waals surface area contributed by atoms with Gasteiger partial charge in [-0.1, -0.05) is 11.6 Å². The number of nitrogens with zero attached hydrogens (tertiary/aromatic N) is 1. The first-order valence-electron chi connectivity index (χ1n) is 7.07. The van der Waals surface area contributed by atoms with Crippen LogP contribution in [0.4, 0.5) is 11.4 Å². The van der Waals surface area contributed by atoms with Crippen LogP contribution in [0.25, 0.3) is 0 Å². The number of fused-ring (bicyclic) bond motifs is 1. The maximum Gasteiger partial charge on any atom is 0.265 e. The fraction of sp³-hybridized carbons (Fsp3) is 0.188. The van der Waals surface area contributed by atoms with Crippen LogP contribution in [-0.4, -0.2) is 28.5 Å². The molecule has 0 aromatic heterocycles. The van der Waals surface area contributed by atoms with Crippen LogP contribution in [-0.2, 0) is 21.2 Å². The number of hydrogen-bond donors (Lipinski definition) is 1. The molecular formula is C16H15ClN2O4S. The molecule has 0 bridgehead atoms. The lowest BCUT2D eigenvalue weighted by Gasteiger charge is -2.13. The summed E-state index contributed by atoms with van der Waals surface area (Å²) in [6.45, 7) is 0. The van der Waals surface area contributed by atoms with Gasteiger partial charge in [-0.15, -0.1) is 0 Å². The minimum absolute atomic E-state index is 0.0264. The summed E-state index contributed by atoms with van der Waals surface area (Å²) in [6, 6.07) is 9.36. The smallest absolute Gasteiger partial charge is 0.265 e. The number of halogens is 1. The normalized spacial score (nSPS) is 13.8. The minimum Gasteiger partial charge on any atom is -0.495 e. The lowest BCUT2D eigenvalue weighted by atomic mass is 10.1. The summed E-state index contributed by atoms with van der Waals surface area (Å²) < 4.78 is 32.9. The van der Waals surface area contributed by atoms with Crippen LogP contribution in [0.1, 0.15) is 5.56 Å². The molecule has 1 N–H and O–H groups in total. The standard InChI is InChI=1S/C16H15ClN2O4S/c1-19-13-5-4-12(7-10(13)8-16(19)20)18-24(21,22)15-9-11(17)3-6-14(15)23-2/h3-7,9,18H,8H2,1-2H3. The highest BCUT2D eigenvalue weighted by atomic mass is 35.5. The molecule has 126 valence electrons. The predicted molar refractivity (Wildman–Crippen MR) is 92.4 cm³/mol. The number of benzene rings is 2. The van der Waals surface area contributed by atoms with Crippen molar-refractivity contribution in [3.8, 4) is 5.75 Å². The highest BCUT2D eigenvalue weighted by Gasteiger charge is 2.25. The molecule has 1 aliphatic heterocycles. The molecule has 1 amide bonds. The Kier molecular flexibility index (Phi) is 4.15. The van der Waals surface area contributed by atoms with E-state index < -0.39 is 10.0 Å². The molecule has 0 unspecified atom stereocenters. The van der Waals surface area contributed by atoms with Crippen LogP contribution < -0.4 is 14.4 Å². The van der Waals surface area contributed by atoms with Gasteiger partial charge < -0.3 is 9.64 Å². The molecule has 0 saturated carbocycles. The van der Waals surface area contributed by atoms with Crippen molar-refractivity contribution in [1.29, 1.82) is 0 Å². The quantitative estimate of drug-likeness (QED) is 0.902. The van der Waals surface area contributed by atoms with Crippen LogP contribution in [0.2, 0.25) is 5.02 Å². The zero-order valence-corrected chi connectivity index (χ0v) is 14.6. The van der Waals surface area contributed by atoms with Crippen LogP contribution in [0.15, 0.2) is 41.3 Å². The van der Waals surface area contributed by atoms with Gasteiger partial charge in [0.25, 0.3) is 10.0 Å². The number of carbonyl (C=O) groups is 1. The molecule has 0 fully saturated rings. The van der Waals surface area contributed by atoms with Gasteiger partial charge in [0.1, 0.15) is 10.6 Å². The molecule has 0 spiro atoms. The van der Waals surface area contributed by atoms with Gasteiger partial charge in [0, 0.05) is 23.4 Å². The number of amides is 1. The molecule has 6 nitrogen and oxygen atoms in total. The molecule has 2 aromatic rings. The fourth-order valence-electron chi connectivity index (χ4n) is 2.60. The molecular weight excluding hydrogens is 352 g/mol. The monoisotopic (exact) mass is 366 g/mol. The summed E-state index contributed by atoms with van der Waals surface area (Å²) in [5.41, 5.74) is 1.93. The zero-order chi connectivity index (χ0) is 17.5. The van der Waals surface area contributed by atoms with Crippen molar-refractivity contribution in [3.05, 3.63) is 47.0 Å². The number of nitrogens with one attached hydrogen (secondary N) is 1. The first kappa shape index (κ1) is 16.6. The fourth-order valence-corrected chi connectivity index (χ4v) is 4.09. The van der Waals surface area contributed by atoms with Crippen LogP contribution in [0.5, 0.6) is 5.75 Å². The molecule has 8 heteroatoms. The summed E-state index contributed by atoms with van der Waals surface area (Å²) in [5.74, 6) is 0.171. The van der Waals surface area contributed by atoms with Crippen molar-refractivity contribution in [1.82, 2.24) is 0 Å². The Labute approximate surface area is 145 Å². The van der Waals surface area contributed by atoms with Gasteiger partial charge in [-0.2, -0.15) is 0 Å². The minimum atomic E-state index is -3.88. The van der Waals surface area contributed by atoms with E-state index in [0.29, 0.717) is 5.69 Å². The average molecular weight is 367 g/mol. The van der Waals surface area contributed by atoms with Crippen LogP contribution in [0, 0.1) is 0 Å². The summed E-state index contributed by atoms with van der Waals surface area (Å²) >= 11 is 5.90. The Morgan fingerprint density at radius 2 is 1.96 bits per heavy atom. The van der Waals surface area contributed by atoms with Gasteiger partial charge in [0.15, 0.2) is 0 Å². The first-order valence-corrected chi connectivity index (χ1v) is 8.94. The molecule has 0 aliphatic carbocycles. The zero-order valence-electron chi connectivity index (χ0n) is 13.0. The van der Waals surface area contributed by atoms with Gasteiger partial charge >= 0.3 is 0 Å². The molecule has 0 atom stereocenters. The second kappa shape index (κ2) is 5.99. The molecule has 1 aliphatic rings. The van der Waals surface area contributed by atoms with Crippen molar-refractivity contribution in [3.63, 3.8) is 0 Å². The number of likely N-dealkylation sites (N-methyl/N-ethyl adjacent to an activating group) is 1. The lowest BCUT2D eigenvalue weighted by Crippen LogP contribution is -2.20. The topological polar surface area (TPSA) is 75.7 Å². The largest absolute Gasteiger partial charge is 0.495 e. The summed E-state index contributed by atoms with van der Waals surface area (Å²) in [6.07, 6.45) is 0.252. The van der Waals surface area contributed by atoms with E-state index in [0.717, 1.165) is 11.3 Å². The number of hydrogen-bond acceptors (Lipinski definition) is 4. The second-order valence-electron chi connectivity index (χ2n) is 5.37. The van der Waals surface area contributed by atoms with E-state index in [1.54, 1.807) is 36.2 Å². The molecule has 3 rings (SSSR count). The maximum atomic E-state index is 12.6. The van der Waals surface area contributed by atoms with Crippen molar-refractivity contribution < 1.29 is 17.9 Å². The third kappa shape index (κ3) is 2.92. The van der Waals surface area contributed by atoms with E-state index in [2.05, 4.69) is 4.72 Å². The average Bonchev–Trinajstić information content (AvgIpc) is 2.81. The van der Waals surface area contributed by atoms with E-state index in [9.17, 15) is 13.2 Å². The Hall–Kier alpha value is -2.25. The van der Waals surface area contributed by atoms with Gasteiger partial charge in [-0.05, 0) is 42.0 Å². The maximum absolute atomic E-state index is 12.6. The Morgan fingerprint density at radius 3 is 2.67 bits per heavy atom.